The SMILES string of the molecule is Cc1cccc(NC(=O)CN2N=N[C@H]3C(=O)N(c4ccc(C)c(Cl)c4)C(=O)[C@@H]32)c1. The standard InChI is InChI=1S/C20H18ClN5O3/c1-11-4-3-5-13(8-11)22-16(27)10-25-18-17(23-24-25)19(28)26(20(18)29)14-7-6-12(2)15(21)9-14/h3-9,17-18H,10H2,1-2H3,(H,22,27)/t17-,18-/m1/s1. The number of amides is 3. The lowest BCUT2D eigenvalue weighted by molar-refractivity contribution is -0.123. The van der Waals surface area contributed by atoms with Crippen molar-refractivity contribution in [1.29, 1.82) is 0 Å². The van der Waals surface area contributed by atoms with Crippen LogP contribution < -0.4 is 10.2 Å². The average molecular weight is 412 g/mol. The molecule has 4 rings (SSSR count). The van der Waals surface area contributed by atoms with Crippen LogP contribution in [0.4, 0.5) is 11.4 Å². The van der Waals surface area contributed by atoms with Crippen LogP contribution in [0, 0.1) is 13.8 Å². The summed E-state index contributed by atoms with van der Waals surface area (Å²) in [5, 5.41) is 12.3. The highest BCUT2D eigenvalue weighted by atomic mass is 35.5. The van der Waals surface area contributed by atoms with E-state index in [9.17, 15) is 14.4 Å². The Morgan fingerprint density at radius 3 is 2.66 bits per heavy atom. The second-order valence-corrected chi connectivity index (χ2v) is 7.46. The minimum absolute atomic E-state index is 0.194. The molecule has 0 unspecified atom stereocenters. The van der Waals surface area contributed by atoms with E-state index in [-0.39, 0.29) is 12.5 Å². The first-order chi connectivity index (χ1) is 13.8. The van der Waals surface area contributed by atoms with Crippen molar-refractivity contribution in [3.05, 3.63) is 58.6 Å². The average Bonchev–Trinajstić information content (AvgIpc) is 3.18. The number of carbonyl (C=O) groups excluding carboxylic acids is 3. The number of halogens is 1. The monoisotopic (exact) mass is 411 g/mol. The van der Waals surface area contributed by atoms with Crippen molar-refractivity contribution in [3.63, 3.8) is 0 Å². The lowest BCUT2D eigenvalue weighted by Gasteiger charge is -2.20. The fraction of sp³-hybridized carbons (Fsp3) is 0.250. The van der Waals surface area contributed by atoms with Crippen LogP contribution in [-0.2, 0) is 14.4 Å². The summed E-state index contributed by atoms with van der Waals surface area (Å²) in [6.07, 6.45) is 0. The summed E-state index contributed by atoms with van der Waals surface area (Å²) in [5.41, 5.74) is 2.87. The molecule has 29 heavy (non-hydrogen) atoms. The van der Waals surface area contributed by atoms with Crippen LogP contribution in [0.5, 0.6) is 0 Å². The normalized spacial score (nSPS) is 20.4. The minimum Gasteiger partial charge on any atom is -0.324 e. The van der Waals surface area contributed by atoms with Crippen LogP contribution in [0.15, 0.2) is 52.8 Å². The zero-order chi connectivity index (χ0) is 20.7. The highest BCUT2D eigenvalue weighted by Crippen LogP contribution is 2.33. The number of benzene rings is 2. The molecule has 2 aliphatic rings. The molecule has 3 amide bonds. The van der Waals surface area contributed by atoms with Gasteiger partial charge in [0, 0.05) is 10.7 Å². The summed E-state index contributed by atoms with van der Waals surface area (Å²) >= 11 is 6.14. The second-order valence-electron chi connectivity index (χ2n) is 7.06. The van der Waals surface area contributed by atoms with Crippen molar-refractivity contribution in [1.82, 2.24) is 5.01 Å². The minimum atomic E-state index is -0.964. The molecule has 1 saturated heterocycles. The molecule has 2 aromatic rings. The maximum absolute atomic E-state index is 13.0. The second kappa shape index (κ2) is 7.29. The first kappa shape index (κ1) is 19.1. The van der Waals surface area contributed by atoms with Gasteiger partial charge >= 0.3 is 0 Å². The van der Waals surface area contributed by atoms with E-state index in [1.54, 1.807) is 24.3 Å². The first-order valence-corrected chi connectivity index (χ1v) is 9.41. The van der Waals surface area contributed by atoms with Crippen LogP contribution in [0.3, 0.4) is 0 Å². The van der Waals surface area contributed by atoms with Gasteiger partial charge in [0.2, 0.25) is 5.91 Å². The number of nitrogens with zero attached hydrogens (tertiary/aromatic N) is 4. The van der Waals surface area contributed by atoms with Gasteiger partial charge in [-0.2, -0.15) is 5.11 Å². The Balaban J connectivity index is 1.50. The van der Waals surface area contributed by atoms with Crippen molar-refractivity contribution in [2.45, 2.75) is 25.9 Å². The van der Waals surface area contributed by atoms with Gasteiger partial charge in [-0.15, -0.1) is 0 Å². The van der Waals surface area contributed by atoms with E-state index < -0.39 is 23.9 Å². The first-order valence-electron chi connectivity index (χ1n) is 9.03. The molecule has 2 heterocycles. The number of anilines is 2. The lowest BCUT2D eigenvalue weighted by Crippen LogP contribution is -2.43. The number of nitrogens with one attached hydrogen (secondary N) is 1. The molecule has 0 aliphatic carbocycles. The van der Waals surface area contributed by atoms with Gasteiger partial charge in [-0.1, -0.05) is 35.0 Å². The molecule has 2 aromatic carbocycles. The van der Waals surface area contributed by atoms with E-state index in [1.165, 1.54) is 5.01 Å². The van der Waals surface area contributed by atoms with Gasteiger partial charge < -0.3 is 5.32 Å². The summed E-state index contributed by atoms with van der Waals surface area (Å²) in [4.78, 5) is 39.2. The summed E-state index contributed by atoms with van der Waals surface area (Å²) in [6, 6.07) is 10.4. The Labute approximate surface area is 172 Å². The zero-order valence-corrected chi connectivity index (χ0v) is 16.6. The summed E-state index contributed by atoms with van der Waals surface area (Å²) in [6.45, 7) is 3.56. The quantitative estimate of drug-likeness (QED) is 0.782. The van der Waals surface area contributed by atoms with E-state index in [0.717, 1.165) is 16.0 Å². The van der Waals surface area contributed by atoms with Crippen LogP contribution in [0.2, 0.25) is 5.02 Å². The molecule has 1 fully saturated rings. The van der Waals surface area contributed by atoms with E-state index >= 15 is 0 Å². The van der Waals surface area contributed by atoms with Crippen molar-refractivity contribution in [2.24, 2.45) is 10.3 Å². The van der Waals surface area contributed by atoms with Crippen LogP contribution in [0.1, 0.15) is 11.1 Å². The van der Waals surface area contributed by atoms with Gasteiger partial charge in [0.15, 0.2) is 12.1 Å². The smallest absolute Gasteiger partial charge is 0.263 e. The van der Waals surface area contributed by atoms with Crippen LogP contribution in [-0.4, -0.2) is 41.4 Å². The van der Waals surface area contributed by atoms with Gasteiger partial charge in [-0.25, -0.2) is 4.90 Å². The molecule has 8 nitrogen and oxygen atoms in total. The third kappa shape index (κ3) is 3.47. The van der Waals surface area contributed by atoms with Gasteiger partial charge in [0.1, 0.15) is 6.54 Å². The maximum Gasteiger partial charge on any atom is 0.263 e. The Morgan fingerprint density at radius 2 is 1.93 bits per heavy atom. The fourth-order valence-corrected chi connectivity index (χ4v) is 3.57. The van der Waals surface area contributed by atoms with Gasteiger partial charge in [0.05, 0.1) is 5.69 Å². The molecular weight excluding hydrogens is 394 g/mol. The predicted molar refractivity (Wildman–Crippen MR) is 108 cm³/mol. The van der Waals surface area contributed by atoms with Gasteiger partial charge in [-0.05, 0) is 49.2 Å². The van der Waals surface area contributed by atoms with Crippen molar-refractivity contribution in [3.8, 4) is 0 Å². The summed E-state index contributed by atoms with van der Waals surface area (Å²) < 4.78 is 0. The molecule has 148 valence electrons. The van der Waals surface area contributed by atoms with E-state index in [2.05, 4.69) is 15.7 Å². The molecule has 2 atom stereocenters. The largest absolute Gasteiger partial charge is 0.324 e. The number of aryl methyl sites for hydroxylation is 2. The highest BCUT2D eigenvalue weighted by molar-refractivity contribution is 6.32. The number of carbonyl (C=O) groups is 3. The van der Waals surface area contributed by atoms with Gasteiger partial charge in [0.25, 0.3) is 11.8 Å². The molecular formula is C20H18ClN5O3. The van der Waals surface area contributed by atoms with E-state index in [4.69, 9.17) is 11.6 Å². The van der Waals surface area contributed by atoms with Crippen LogP contribution in [0.25, 0.3) is 0 Å². The molecule has 0 bridgehead atoms. The van der Waals surface area contributed by atoms with E-state index in [1.807, 2.05) is 32.0 Å². The molecule has 0 radical (unpaired) electrons. The summed E-state index contributed by atoms with van der Waals surface area (Å²) in [5.74, 6) is -1.31. The molecule has 0 saturated carbocycles. The predicted octanol–water partition coefficient (Wildman–Crippen LogP) is 2.89. The van der Waals surface area contributed by atoms with E-state index in [0.29, 0.717) is 16.4 Å². The van der Waals surface area contributed by atoms with Crippen molar-refractivity contribution in [2.75, 3.05) is 16.8 Å². The molecule has 2 aliphatic heterocycles. The number of imide groups is 1. The van der Waals surface area contributed by atoms with Gasteiger partial charge in [-0.3, -0.25) is 19.4 Å². The molecule has 0 spiro atoms. The lowest BCUT2D eigenvalue weighted by atomic mass is 10.1. The molecule has 0 aromatic heterocycles. The number of fused-ring (bicyclic) bond motifs is 1. The Bertz CT molecular complexity index is 1050. The molecule has 1 N–H and O–H groups in total. The highest BCUT2D eigenvalue weighted by Gasteiger charge is 2.55. The zero-order valence-electron chi connectivity index (χ0n) is 15.8. The topological polar surface area (TPSA) is 94.4 Å². The third-order valence-electron chi connectivity index (χ3n) is 4.88. The Hall–Kier alpha value is -3.26. The van der Waals surface area contributed by atoms with Crippen molar-refractivity contribution < 1.29 is 14.4 Å². The maximum atomic E-state index is 13.0. The Kier molecular flexibility index (Phi) is 4.79. The Morgan fingerprint density at radius 1 is 1.14 bits per heavy atom. The number of hydrogen-bond donors (Lipinski definition) is 1. The molecule has 9 heteroatoms. The third-order valence-corrected chi connectivity index (χ3v) is 5.29. The van der Waals surface area contributed by atoms with Crippen LogP contribution >= 0.6 is 11.6 Å². The number of rotatable bonds is 4. The number of hydrogen-bond acceptors (Lipinski definition) is 6. The fourth-order valence-electron chi connectivity index (χ4n) is 3.40. The van der Waals surface area contributed by atoms with Crippen molar-refractivity contribution >= 4 is 40.7 Å². The summed E-state index contributed by atoms with van der Waals surface area (Å²) in [7, 11) is 0.